The number of nitrogens with zero attached hydrogens (tertiary/aromatic N) is 1. The maximum absolute atomic E-state index is 8.52. The molecule has 2 rings (SSSR count). The third-order valence-corrected chi connectivity index (χ3v) is 3.85. The van der Waals surface area contributed by atoms with Gasteiger partial charge in [0.25, 0.3) is 0 Å². The zero-order valence-electron chi connectivity index (χ0n) is 11.8. The molecule has 1 aliphatic carbocycles. The summed E-state index contributed by atoms with van der Waals surface area (Å²) in [7, 11) is 0. The van der Waals surface area contributed by atoms with Crippen LogP contribution in [0, 0.1) is 16.7 Å². The highest BCUT2D eigenvalue weighted by Gasteiger charge is 2.26. The molecule has 0 atom stereocenters. The minimum absolute atomic E-state index is 0.0983. The van der Waals surface area contributed by atoms with Gasteiger partial charge < -0.3 is 10.1 Å². The van der Waals surface area contributed by atoms with Gasteiger partial charge >= 0.3 is 0 Å². The van der Waals surface area contributed by atoms with E-state index in [9.17, 15) is 0 Å². The van der Waals surface area contributed by atoms with E-state index in [4.69, 9.17) is 10.00 Å². The summed E-state index contributed by atoms with van der Waals surface area (Å²) in [5.41, 5.74) is 1.58. The fourth-order valence-electron chi connectivity index (χ4n) is 2.57. The van der Waals surface area contributed by atoms with Crippen molar-refractivity contribution in [2.45, 2.75) is 45.6 Å². The molecule has 102 valence electrons. The fourth-order valence-corrected chi connectivity index (χ4v) is 2.57. The van der Waals surface area contributed by atoms with E-state index in [2.05, 4.69) is 25.2 Å². The first-order chi connectivity index (χ1) is 9.09. The van der Waals surface area contributed by atoms with Crippen LogP contribution < -0.4 is 10.1 Å². The van der Waals surface area contributed by atoms with E-state index in [-0.39, 0.29) is 6.61 Å². The molecule has 0 unspecified atom stereocenters. The van der Waals surface area contributed by atoms with Gasteiger partial charge in [-0.15, -0.1) is 0 Å². The van der Waals surface area contributed by atoms with Crippen molar-refractivity contribution in [3.8, 4) is 11.8 Å². The fraction of sp³-hybridized carbons (Fsp3) is 0.562. The molecule has 0 bridgehead atoms. The van der Waals surface area contributed by atoms with Crippen LogP contribution in [0.2, 0.25) is 0 Å². The number of benzene rings is 1. The molecular formula is C16H22N2O. The molecule has 1 saturated carbocycles. The summed E-state index contributed by atoms with van der Waals surface area (Å²) in [6.45, 7) is 4.79. The predicted molar refractivity (Wildman–Crippen MR) is 77.2 cm³/mol. The second kappa shape index (κ2) is 5.97. The van der Waals surface area contributed by atoms with Crippen molar-refractivity contribution < 1.29 is 4.74 Å². The molecule has 19 heavy (non-hydrogen) atoms. The highest BCUT2D eigenvalue weighted by molar-refractivity contribution is 5.49. The molecule has 1 aliphatic rings. The largest absolute Gasteiger partial charge is 0.479 e. The van der Waals surface area contributed by atoms with Crippen LogP contribution in [-0.2, 0) is 0 Å². The molecule has 0 aromatic heterocycles. The van der Waals surface area contributed by atoms with Crippen molar-refractivity contribution >= 4 is 5.69 Å². The summed E-state index contributed by atoms with van der Waals surface area (Å²) in [6.07, 6.45) is 4.98. The van der Waals surface area contributed by atoms with Gasteiger partial charge in [0.1, 0.15) is 11.8 Å². The molecule has 3 nitrogen and oxygen atoms in total. The normalized spacial score (nSPS) is 18.6. The van der Waals surface area contributed by atoms with Gasteiger partial charge in [0.2, 0.25) is 0 Å². The molecule has 1 N–H and O–H groups in total. The number of hydrogen-bond acceptors (Lipinski definition) is 3. The third kappa shape index (κ3) is 4.17. The van der Waals surface area contributed by atoms with Gasteiger partial charge in [-0.25, -0.2) is 0 Å². The van der Waals surface area contributed by atoms with Crippen LogP contribution in [0.5, 0.6) is 5.75 Å². The first kappa shape index (κ1) is 13.7. The Morgan fingerprint density at radius 3 is 2.79 bits per heavy atom. The summed E-state index contributed by atoms with van der Waals surface area (Å²) < 4.78 is 5.32. The molecule has 0 saturated heterocycles. The van der Waals surface area contributed by atoms with Gasteiger partial charge in [-0.3, -0.25) is 0 Å². The second-order valence-corrected chi connectivity index (χ2v) is 6.06. The Kier molecular flexibility index (Phi) is 4.31. The Balaban J connectivity index is 1.91. The Labute approximate surface area is 115 Å². The van der Waals surface area contributed by atoms with Crippen molar-refractivity contribution in [2.24, 2.45) is 5.41 Å². The lowest BCUT2D eigenvalue weighted by Crippen LogP contribution is -2.29. The zero-order valence-corrected chi connectivity index (χ0v) is 11.8. The summed E-state index contributed by atoms with van der Waals surface area (Å²) in [5.74, 6) is 0.752. The van der Waals surface area contributed by atoms with Gasteiger partial charge in [-0.1, -0.05) is 19.9 Å². The Bertz CT molecular complexity index is 452. The summed E-state index contributed by atoms with van der Waals surface area (Å²) in [5, 5.41) is 12.1. The lowest BCUT2D eigenvalue weighted by atomic mass is 9.75. The molecular weight excluding hydrogens is 236 g/mol. The Morgan fingerprint density at radius 1 is 1.37 bits per heavy atom. The van der Waals surface area contributed by atoms with Crippen LogP contribution in [-0.4, -0.2) is 12.6 Å². The standard InChI is InChI=1S/C16H22N2O/c1-16(2)8-6-13(7-9-16)18-14-4-3-5-15(12-14)19-11-10-17/h3-5,12-13,18H,6-9,11H2,1-2H3. The van der Waals surface area contributed by atoms with Crippen LogP contribution in [0.4, 0.5) is 5.69 Å². The van der Waals surface area contributed by atoms with Crippen molar-refractivity contribution in [3.63, 3.8) is 0 Å². The zero-order chi connectivity index (χ0) is 13.7. The van der Waals surface area contributed by atoms with Crippen molar-refractivity contribution in [1.29, 1.82) is 5.26 Å². The van der Waals surface area contributed by atoms with E-state index in [0.717, 1.165) is 11.4 Å². The van der Waals surface area contributed by atoms with Gasteiger partial charge in [-0.05, 0) is 43.2 Å². The van der Waals surface area contributed by atoms with Crippen molar-refractivity contribution in [2.75, 3.05) is 11.9 Å². The second-order valence-electron chi connectivity index (χ2n) is 6.06. The summed E-state index contributed by atoms with van der Waals surface area (Å²) >= 11 is 0. The first-order valence-electron chi connectivity index (χ1n) is 6.95. The Morgan fingerprint density at radius 2 is 2.11 bits per heavy atom. The summed E-state index contributed by atoms with van der Waals surface area (Å²) in [6, 6.07) is 10.4. The monoisotopic (exact) mass is 258 g/mol. The molecule has 0 amide bonds. The molecule has 0 spiro atoms. The maximum atomic E-state index is 8.52. The van der Waals surface area contributed by atoms with E-state index in [1.54, 1.807) is 0 Å². The van der Waals surface area contributed by atoms with Gasteiger partial charge in [0.15, 0.2) is 6.61 Å². The minimum Gasteiger partial charge on any atom is -0.479 e. The smallest absolute Gasteiger partial charge is 0.174 e. The first-order valence-corrected chi connectivity index (χ1v) is 6.95. The van der Waals surface area contributed by atoms with Crippen LogP contribution in [0.15, 0.2) is 24.3 Å². The SMILES string of the molecule is CC1(C)CCC(Nc2cccc(OCC#N)c2)CC1. The number of rotatable bonds is 4. The number of nitrogens with one attached hydrogen (secondary N) is 1. The van der Waals surface area contributed by atoms with Crippen LogP contribution in [0.3, 0.4) is 0 Å². The van der Waals surface area contributed by atoms with E-state index in [0.29, 0.717) is 11.5 Å². The molecule has 1 fully saturated rings. The predicted octanol–water partition coefficient (Wildman–Crippen LogP) is 3.97. The third-order valence-electron chi connectivity index (χ3n) is 3.85. The average Bonchev–Trinajstić information content (AvgIpc) is 2.39. The molecule has 1 aromatic rings. The number of anilines is 1. The number of hydrogen-bond donors (Lipinski definition) is 1. The van der Waals surface area contributed by atoms with Crippen LogP contribution in [0.1, 0.15) is 39.5 Å². The molecule has 0 radical (unpaired) electrons. The van der Waals surface area contributed by atoms with E-state index < -0.39 is 0 Å². The van der Waals surface area contributed by atoms with Crippen LogP contribution >= 0.6 is 0 Å². The molecule has 0 heterocycles. The van der Waals surface area contributed by atoms with Crippen molar-refractivity contribution in [1.82, 2.24) is 0 Å². The molecule has 0 aliphatic heterocycles. The molecule has 3 heteroatoms. The van der Waals surface area contributed by atoms with E-state index in [1.807, 2.05) is 24.3 Å². The molecule has 1 aromatic carbocycles. The summed E-state index contributed by atoms with van der Waals surface area (Å²) in [4.78, 5) is 0. The van der Waals surface area contributed by atoms with Gasteiger partial charge in [0, 0.05) is 17.8 Å². The lowest BCUT2D eigenvalue weighted by molar-refractivity contribution is 0.232. The number of ether oxygens (including phenoxy) is 1. The van der Waals surface area contributed by atoms with Gasteiger partial charge in [0.05, 0.1) is 0 Å². The van der Waals surface area contributed by atoms with E-state index in [1.165, 1.54) is 25.7 Å². The van der Waals surface area contributed by atoms with Gasteiger partial charge in [-0.2, -0.15) is 5.26 Å². The topological polar surface area (TPSA) is 45.0 Å². The average molecular weight is 258 g/mol. The number of nitriles is 1. The highest BCUT2D eigenvalue weighted by atomic mass is 16.5. The highest BCUT2D eigenvalue weighted by Crippen LogP contribution is 2.36. The van der Waals surface area contributed by atoms with E-state index >= 15 is 0 Å². The van der Waals surface area contributed by atoms with Crippen LogP contribution in [0.25, 0.3) is 0 Å². The Hall–Kier alpha value is -1.69. The van der Waals surface area contributed by atoms with Crippen molar-refractivity contribution in [3.05, 3.63) is 24.3 Å². The maximum Gasteiger partial charge on any atom is 0.174 e. The quantitative estimate of drug-likeness (QED) is 0.888. The minimum atomic E-state index is 0.0983. The lowest BCUT2D eigenvalue weighted by Gasteiger charge is -2.35.